The van der Waals surface area contributed by atoms with E-state index in [9.17, 15) is 18.4 Å². The molecule has 0 radical (unpaired) electrons. The molecule has 0 saturated heterocycles. The molecule has 0 fully saturated rings. The molecule has 16 heavy (non-hydrogen) atoms. The van der Waals surface area contributed by atoms with Crippen molar-refractivity contribution < 1.29 is 8.78 Å². The Labute approximate surface area is 92.1 Å². The van der Waals surface area contributed by atoms with Crippen molar-refractivity contribution in [3.05, 3.63) is 50.0 Å². The van der Waals surface area contributed by atoms with E-state index < -0.39 is 22.2 Å². The van der Waals surface area contributed by atoms with Crippen LogP contribution in [0.5, 0.6) is 0 Å². The number of nitrogens with zero attached hydrogens (tertiary/aromatic N) is 2. The molecule has 0 saturated carbocycles. The van der Waals surface area contributed by atoms with Gasteiger partial charge in [0.15, 0.2) is 0 Å². The lowest BCUT2D eigenvalue weighted by Crippen LogP contribution is -2.25. The van der Waals surface area contributed by atoms with E-state index in [0.717, 1.165) is 26.7 Å². The summed E-state index contributed by atoms with van der Waals surface area (Å²) in [6.07, 6.45) is 0. The molecule has 1 aromatic heterocycles. The molecule has 0 spiro atoms. The van der Waals surface area contributed by atoms with Gasteiger partial charge in [-0.15, -0.1) is 0 Å². The zero-order valence-corrected chi connectivity index (χ0v) is 8.92. The Kier molecular flexibility index (Phi) is 2.47. The number of hydrogen-bond acceptors (Lipinski definition) is 3. The van der Waals surface area contributed by atoms with Crippen LogP contribution in [0.3, 0.4) is 0 Å². The van der Waals surface area contributed by atoms with E-state index in [1.165, 1.54) is 7.05 Å². The monoisotopic (exact) mass is 244 g/mol. The number of aromatic nitrogens is 2. The average molecular weight is 244 g/mol. The SMILES string of the molecule is Cn1c(=O)sn(-c2cc(F)ccc2F)c1=O. The number of benzene rings is 1. The Morgan fingerprint density at radius 3 is 2.50 bits per heavy atom. The third-order valence-electron chi connectivity index (χ3n) is 2.03. The van der Waals surface area contributed by atoms with Gasteiger partial charge < -0.3 is 0 Å². The Balaban J connectivity index is 2.77. The molecule has 0 amide bonds. The lowest BCUT2D eigenvalue weighted by atomic mass is 10.3. The predicted molar refractivity (Wildman–Crippen MR) is 55.1 cm³/mol. The highest BCUT2D eigenvalue weighted by molar-refractivity contribution is 7.03. The van der Waals surface area contributed by atoms with Crippen molar-refractivity contribution in [1.29, 1.82) is 0 Å². The summed E-state index contributed by atoms with van der Waals surface area (Å²) in [6, 6.07) is 2.71. The van der Waals surface area contributed by atoms with Gasteiger partial charge in [-0.2, -0.15) is 0 Å². The van der Waals surface area contributed by atoms with Crippen LogP contribution in [-0.4, -0.2) is 8.52 Å². The lowest BCUT2D eigenvalue weighted by Gasteiger charge is -2.00. The van der Waals surface area contributed by atoms with Gasteiger partial charge in [-0.25, -0.2) is 17.5 Å². The molecule has 0 aliphatic carbocycles. The van der Waals surface area contributed by atoms with Gasteiger partial charge in [-0.3, -0.25) is 9.36 Å². The molecule has 0 unspecified atom stereocenters. The highest BCUT2D eigenvalue weighted by Gasteiger charge is 2.13. The first-order chi connectivity index (χ1) is 7.50. The second-order valence-electron chi connectivity index (χ2n) is 3.09. The first kappa shape index (κ1) is 10.7. The van der Waals surface area contributed by atoms with Gasteiger partial charge in [0.2, 0.25) is 0 Å². The zero-order valence-electron chi connectivity index (χ0n) is 8.11. The minimum absolute atomic E-state index is 0.257. The summed E-state index contributed by atoms with van der Waals surface area (Å²) in [5, 5.41) is 0. The third kappa shape index (κ3) is 1.58. The molecular formula is C9H6F2N2O2S. The maximum atomic E-state index is 13.3. The fourth-order valence-electron chi connectivity index (χ4n) is 1.19. The predicted octanol–water partition coefficient (Wildman–Crippen LogP) is 0.876. The largest absolute Gasteiger partial charge is 0.345 e. The molecule has 0 aliphatic rings. The van der Waals surface area contributed by atoms with E-state index in [4.69, 9.17) is 0 Å². The Hall–Kier alpha value is -1.76. The highest BCUT2D eigenvalue weighted by Crippen LogP contribution is 2.13. The third-order valence-corrected chi connectivity index (χ3v) is 3.00. The van der Waals surface area contributed by atoms with Gasteiger partial charge >= 0.3 is 10.6 Å². The summed E-state index contributed by atoms with van der Waals surface area (Å²) < 4.78 is 27.9. The topological polar surface area (TPSA) is 44.0 Å². The van der Waals surface area contributed by atoms with Crippen LogP contribution in [0.4, 0.5) is 8.78 Å². The van der Waals surface area contributed by atoms with Gasteiger partial charge in [0.1, 0.15) is 17.3 Å². The van der Waals surface area contributed by atoms with Crippen molar-refractivity contribution in [3.8, 4) is 5.69 Å². The molecule has 7 heteroatoms. The van der Waals surface area contributed by atoms with Gasteiger partial charge in [-0.05, 0) is 12.1 Å². The Bertz CT molecular complexity index is 656. The van der Waals surface area contributed by atoms with E-state index >= 15 is 0 Å². The van der Waals surface area contributed by atoms with Gasteiger partial charge in [0, 0.05) is 24.6 Å². The summed E-state index contributed by atoms with van der Waals surface area (Å²) in [4.78, 5) is 22.1. The number of rotatable bonds is 1. The molecule has 2 rings (SSSR count). The van der Waals surface area contributed by atoms with Crippen LogP contribution in [0.25, 0.3) is 5.69 Å². The quantitative estimate of drug-likeness (QED) is 0.747. The van der Waals surface area contributed by atoms with Gasteiger partial charge in [0.25, 0.3) is 0 Å². The van der Waals surface area contributed by atoms with Crippen LogP contribution < -0.4 is 10.6 Å². The van der Waals surface area contributed by atoms with E-state index in [1.807, 2.05) is 0 Å². The van der Waals surface area contributed by atoms with Gasteiger partial charge in [0.05, 0.1) is 0 Å². The smallest absolute Gasteiger partial charge is 0.255 e. The van der Waals surface area contributed by atoms with Crippen LogP contribution in [0.15, 0.2) is 27.8 Å². The number of halogens is 2. The van der Waals surface area contributed by atoms with Crippen molar-refractivity contribution in [1.82, 2.24) is 8.52 Å². The zero-order chi connectivity index (χ0) is 11.9. The Morgan fingerprint density at radius 1 is 1.25 bits per heavy atom. The second kappa shape index (κ2) is 3.67. The Morgan fingerprint density at radius 2 is 1.94 bits per heavy atom. The molecule has 84 valence electrons. The molecule has 0 atom stereocenters. The minimum Gasteiger partial charge on any atom is -0.255 e. The summed E-state index contributed by atoms with van der Waals surface area (Å²) >= 11 is 0.522. The summed E-state index contributed by atoms with van der Waals surface area (Å²) in [7, 11) is 1.27. The van der Waals surface area contributed by atoms with Crippen LogP contribution in [0.1, 0.15) is 0 Å². The summed E-state index contributed by atoms with van der Waals surface area (Å²) in [5.74, 6) is -1.43. The normalized spacial score (nSPS) is 10.7. The highest BCUT2D eigenvalue weighted by atomic mass is 32.1. The molecule has 1 heterocycles. The van der Waals surface area contributed by atoms with Crippen molar-refractivity contribution >= 4 is 11.5 Å². The molecule has 0 bridgehead atoms. The first-order valence-electron chi connectivity index (χ1n) is 4.25. The van der Waals surface area contributed by atoms with E-state index in [1.54, 1.807) is 0 Å². The molecule has 1 aromatic carbocycles. The maximum absolute atomic E-state index is 13.3. The van der Waals surface area contributed by atoms with Crippen molar-refractivity contribution in [2.24, 2.45) is 7.05 Å². The standard InChI is InChI=1S/C9H6F2N2O2S/c1-12-8(14)13(16-9(12)15)7-4-5(10)2-3-6(7)11/h2-4H,1H3. The van der Waals surface area contributed by atoms with E-state index in [2.05, 4.69) is 0 Å². The van der Waals surface area contributed by atoms with Crippen molar-refractivity contribution in [2.45, 2.75) is 0 Å². The summed E-state index contributed by atoms with van der Waals surface area (Å²) in [5.41, 5.74) is -0.952. The lowest BCUT2D eigenvalue weighted by molar-refractivity contribution is 0.592. The fraction of sp³-hybridized carbons (Fsp3) is 0.111. The van der Waals surface area contributed by atoms with Crippen LogP contribution in [-0.2, 0) is 7.05 Å². The average Bonchev–Trinajstić information content (AvgIpc) is 2.50. The molecule has 0 aliphatic heterocycles. The number of hydrogen-bond donors (Lipinski definition) is 0. The molecule has 4 nitrogen and oxygen atoms in total. The molecule has 0 N–H and O–H groups in total. The summed E-state index contributed by atoms with van der Waals surface area (Å²) in [6.45, 7) is 0. The first-order valence-corrected chi connectivity index (χ1v) is 5.03. The maximum Gasteiger partial charge on any atom is 0.345 e. The molecular weight excluding hydrogens is 238 g/mol. The van der Waals surface area contributed by atoms with E-state index in [0.29, 0.717) is 11.5 Å². The van der Waals surface area contributed by atoms with Gasteiger partial charge in [-0.1, -0.05) is 0 Å². The minimum atomic E-state index is -0.759. The molecule has 2 aromatic rings. The van der Waals surface area contributed by atoms with Crippen molar-refractivity contribution in [2.75, 3.05) is 0 Å². The van der Waals surface area contributed by atoms with Crippen LogP contribution in [0, 0.1) is 11.6 Å². The van der Waals surface area contributed by atoms with Crippen LogP contribution in [0.2, 0.25) is 0 Å². The van der Waals surface area contributed by atoms with Crippen LogP contribution >= 0.6 is 11.5 Å². The fourth-order valence-corrected chi connectivity index (χ4v) is 1.98. The second-order valence-corrected chi connectivity index (χ2v) is 3.99. The van der Waals surface area contributed by atoms with Crippen molar-refractivity contribution in [3.63, 3.8) is 0 Å². The van der Waals surface area contributed by atoms with E-state index in [-0.39, 0.29) is 5.69 Å².